The van der Waals surface area contributed by atoms with E-state index in [0.717, 1.165) is 0 Å². The average Bonchev–Trinajstić information content (AvgIpc) is 2.91. The molecule has 2 rings (SSSR count). The summed E-state index contributed by atoms with van der Waals surface area (Å²) >= 11 is 0. The summed E-state index contributed by atoms with van der Waals surface area (Å²) in [5.74, 6) is -0.490. The van der Waals surface area contributed by atoms with Gasteiger partial charge in [-0.2, -0.15) is 0 Å². The number of benzene rings is 1. The number of hydrogen-bond donors (Lipinski definition) is 2. The van der Waals surface area contributed by atoms with Crippen LogP contribution in [0.25, 0.3) is 10.9 Å². The Balaban J connectivity index is 1.97. The molecule has 1 aromatic heterocycles. The maximum Gasteiger partial charge on any atom is 0.475 e. The predicted molar refractivity (Wildman–Crippen MR) is 106 cm³/mol. The lowest BCUT2D eigenvalue weighted by Crippen LogP contribution is -2.25. The molecule has 2 aromatic rings. The second kappa shape index (κ2) is 8.25. The molecular weight excluding hydrogens is 385 g/mol. The minimum Gasteiger partial charge on any atom is -0.491 e. The van der Waals surface area contributed by atoms with Crippen LogP contribution >= 0.6 is 7.82 Å². The lowest BCUT2D eigenvalue weighted by molar-refractivity contribution is 0.000181. The van der Waals surface area contributed by atoms with Crippen LogP contribution in [0.2, 0.25) is 0 Å². The number of nitrogens with one attached hydrogen (secondary N) is 1. The second-order valence-corrected chi connectivity index (χ2v) is 9.79. The van der Waals surface area contributed by atoms with E-state index in [1.807, 2.05) is 0 Å². The molecule has 8 nitrogen and oxygen atoms in total. The molecule has 0 spiro atoms. The van der Waals surface area contributed by atoms with Crippen molar-refractivity contribution in [1.82, 2.24) is 4.98 Å². The molecular formula is C19H28NO7P. The standard InChI is InChI=1S/C19H28NO7P/c1-18(2,3)26-28(23,27-19(4,5)6)25-10-9-24-14-7-8-15-13(11-14)12-16(20-15)17(21)22/h7-8,11-12,20H,9-10H2,1-6H3,(H,21,22). The van der Waals surface area contributed by atoms with Crippen LogP contribution in [0.1, 0.15) is 52.0 Å². The highest BCUT2D eigenvalue weighted by atomic mass is 31.2. The van der Waals surface area contributed by atoms with E-state index < -0.39 is 25.0 Å². The highest BCUT2D eigenvalue weighted by molar-refractivity contribution is 7.48. The smallest absolute Gasteiger partial charge is 0.475 e. The first kappa shape index (κ1) is 22.4. The molecule has 0 aliphatic heterocycles. The second-order valence-electron chi connectivity index (χ2n) is 8.27. The summed E-state index contributed by atoms with van der Waals surface area (Å²) < 4.78 is 35.0. The first-order valence-electron chi connectivity index (χ1n) is 8.91. The van der Waals surface area contributed by atoms with Crippen molar-refractivity contribution in [2.24, 2.45) is 0 Å². The minimum absolute atomic E-state index is 0.00497. The molecule has 0 aliphatic carbocycles. The van der Waals surface area contributed by atoms with Gasteiger partial charge in [-0.25, -0.2) is 9.36 Å². The number of carboxylic acids is 1. The van der Waals surface area contributed by atoms with Crippen molar-refractivity contribution in [2.75, 3.05) is 13.2 Å². The number of H-pyrrole nitrogens is 1. The van der Waals surface area contributed by atoms with Crippen LogP contribution in [0.3, 0.4) is 0 Å². The van der Waals surface area contributed by atoms with Crippen molar-refractivity contribution >= 4 is 24.7 Å². The first-order valence-corrected chi connectivity index (χ1v) is 10.4. The summed E-state index contributed by atoms with van der Waals surface area (Å²) in [4.78, 5) is 13.8. The number of phosphoric ester groups is 1. The predicted octanol–water partition coefficient (Wildman–Crippen LogP) is 5.00. The van der Waals surface area contributed by atoms with Gasteiger partial charge in [0.2, 0.25) is 0 Å². The average molecular weight is 413 g/mol. The fourth-order valence-corrected chi connectivity index (χ4v) is 4.15. The van der Waals surface area contributed by atoms with Gasteiger partial charge in [-0.1, -0.05) is 0 Å². The summed E-state index contributed by atoms with van der Waals surface area (Å²) in [6, 6.07) is 6.69. The maximum atomic E-state index is 12.9. The van der Waals surface area contributed by atoms with E-state index in [-0.39, 0.29) is 18.9 Å². The number of ether oxygens (including phenoxy) is 1. The molecule has 0 fully saturated rings. The Bertz CT molecular complexity index is 857. The Kier molecular flexibility index (Phi) is 6.61. The fraction of sp³-hybridized carbons (Fsp3) is 0.526. The van der Waals surface area contributed by atoms with E-state index in [9.17, 15) is 9.36 Å². The van der Waals surface area contributed by atoms with E-state index in [1.165, 1.54) is 6.07 Å². The van der Waals surface area contributed by atoms with Gasteiger partial charge >= 0.3 is 13.8 Å². The van der Waals surface area contributed by atoms with Crippen LogP contribution in [-0.4, -0.2) is 40.5 Å². The summed E-state index contributed by atoms with van der Waals surface area (Å²) in [6.45, 7) is 10.7. The van der Waals surface area contributed by atoms with Gasteiger partial charge in [0.25, 0.3) is 0 Å². The Morgan fingerprint density at radius 3 is 2.18 bits per heavy atom. The highest BCUT2D eigenvalue weighted by Gasteiger charge is 2.37. The number of aromatic carboxylic acids is 1. The van der Waals surface area contributed by atoms with Crippen molar-refractivity contribution in [3.63, 3.8) is 0 Å². The molecule has 0 saturated carbocycles. The molecule has 0 atom stereocenters. The molecule has 0 radical (unpaired) electrons. The van der Waals surface area contributed by atoms with Crippen LogP contribution in [-0.2, 0) is 18.1 Å². The molecule has 0 aliphatic rings. The Morgan fingerprint density at radius 2 is 1.64 bits per heavy atom. The Hall–Kier alpha value is -1.86. The molecule has 0 unspecified atom stereocenters. The lowest BCUT2D eigenvalue weighted by atomic mass is 10.2. The number of hydrogen-bond acceptors (Lipinski definition) is 6. The van der Waals surface area contributed by atoms with Crippen LogP contribution in [0.5, 0.6) is 5.75 Å². The van der Waals surface area contributed by atoms with Gasteiger partial charge in [-0.05, 0) is 65.8 Å². The van der Waals surface area contributed by atoms with Gasteiger partial charge in [-0.15, -0.1) is 0 Å². The number of carbonyl (C=O) groups is 1. The largest absolute Gasteiger partial charge is 0.491 e. The quantitative estimate of drug-likeness (QED) is 0.463. The monoisotopic (exact) mass is 413 g/mol. The highest BCUT2D eigenvalue weighted by Crippen LogP contribution is 2.55. The van der Waals surface area contributed by atoms with Crippen molar-refractivity contribution in [2.45, 2.75) is 52.7 Å². The van der Waals surface area contributed by atoms with Gasteiger partial charge in [0.1, 0.15) is 18.1 Å². The summed E-state index contributed by atoms with van der Waals surface area (Å²) in [7, 11) is -3.78. The molecule has 28 heavy (non-hydrogen) atoms. The molecule has 1 heterocycles. The summed E-state index contributed by atoms with van der Waals surface area (Å²) in [5, 5.41) is 9.75. The SMILES string of the molecule is CC(C)(C)OP(=O)(OCCOc1ccc2[nH]c(C(=O)O)cc2c1)OC(C)(C)C. The lowest BCUT2D eigenvalue weighted by Gasteiger charge is -2.30. The van der Waals surface area contributed by atoms with E-state index in [0.29, 0.717) is 16.7 Å². The van der Waals surface area contributed by atoms with Crippen molar-refractivity contribution < 1.29 is 32.8 Å². The third-order valence-corrected chi connectivity index (χ3v) is 5.24. The van der Waals surface area contributed by atoms with Crippen LogP contribution in [0, 0.1) is 0 Å². The third-order valence-electron chi connectivity index (χ3n) is 3.20. The normalized spacial score (nSPS) is 13.1. The van der Waals surface area contributed by atoms with Crippen LogP contribution in [0.4, 0.5) is 0 Å². The van der Waals surface area contributed by atoms with Gasteiger partial charge < -0.3 is 14.8 Å². The fourth-order valence-electron chi connectivity index (χ4n) is 2.37. The number of aromatic nitrogens is 1. The molecule has 9 heteroatoms. The van der Waals surface area contributed by atoms with Crippen LogP contribution in [0.15, 0.2) is 24.3 Å². The molecule has 2 N–H and O–H groups in total. The van der Waals surface area contributed by atoms with Gasteiger partial charge in [0, 0.05) is 10.9 Å². The number of carboxylic acid groups (broad SMARTS) is 1. The number of fused-ring (bicyclic) bond motifs is 1. The van der Waals surface area contributed by atoms with Gasteiger partial charge in [-0.3, -0.25) is 13.6 Å². The molecule has 0 bridgehead atoms. The maximum absolute atomic E-state index is 12.9. The number of phosphoric acid groups is 1. The topological polar surface area (TPSA) is 107 Å². The minimum atomic E-state index is -3.78. The third kappa shape index (κ3) is 6.95. The van der Waals surface area contributed by atoms with Gasteiger partial charge in [0.15, 0.2) is 0 Å². The van der Waals surface area contributed by atoms with Crippen molar-refractivity contribution in [3.05, 3.63) is 30.0 Å². The molecule has 0 amide bonds. The molecule has 156 valence electrons. The molecule has 0 saturated heterocycles. The zero-order chi connectivity index (χ0) is 21.2. The van der Waals surface area contributed by atoms with E-state index in [2.05, 4.69) is 4.98 Å². The van der Waals surface area contributed by atoms with Crippen molar-refractivity contribution in [3.8, 4) is 5.75 Å². The summed E-state index contributed by atoms with van der Waals surface area (Å²) in [6.07, 6.45) is 0. The van der Waals surface area contributed by atoms with Crippen molar-refractivity contribution in [1.29, 1.82) is 0 Å². The van der Waals surface area contributed by atoms with E-state index in [4.69, 9.17) is 23.4 Å². The number of rotatable bonds is 8. The molecule has 1 aromatic carbocycles. The Morgan fingerprint density at radius 1 is 1.04 bits per heavy atom. The van der Waals surface area contributed by atoms with Gasteiger partial charge in [0.05, 0.1) is 17.8 Å². The number of aromatic amines is 1. The van der Waals surface area contributed by atoms with Crippen LogP contribution < -0.4 is 4.74 Å². The zero-order valence-corrected chi connectivity index (χ0v) is 18.0. The Labute approximate surface area is 164 Å². The summed E-state index contributed by atoms with van der Waals surface area (Å²) in [5.41, 5.74) is -0.608. The zero-order valence-electron chi connectivity index (χ0n) is 17.1. The van der Waals surface area contributed by atoms with E-state index in [1.54, 1.807) is 59.7 Å². The first-order chi connectivity index (χ1) is 12.8. The van der Waals surface area contributed by atoms with E-state index >= 15 is 0 Å².